The van der Waals surface area contributed by atoms with E-state index in [0.29, 0.717) is 30.3 Å². The molecule has 1 aromatic heterocycles. The van der Waals surface area contributed by atoms with E-state index < -0.39 is 0 Å². The van der Waals surface area contributed by atoms with Crippen LogP contribution in [0.25, 0.3) is 11.4 Å². The summed E-state index contributed by atoms with van der Waals surface area (Å²) < 4.78 is 5.26. The molecular weight excluding hydrogens is 204 g/mol. The molecule has 2 aromatic rings. The third-order valence-electron chi connectivity index (χ3n) is 2.14. The van der Waals surface area contributed by atoms with E-state index in [2.05, 4.69) is 9.97 Å². The van der Waals surface area contributed by atoms with Crippen LogP contribution in [-0.4, -0.2) is 22.9 Å². The fourth-order valence-electron chi connectivity index (χ4n) is 1.43. The van der Waals surface area contributed by atoms with Gasteiger partial charge in [-0.2, -0.15) is 4.98 Å². The molecule has 4 heteroatoms. The first-order chi connectivity index (χ1) is 7.85. The highest BCUT2D eigenvalue weighted by Crippen LogP contribution is 2.21. The first-order valence-corrected chi connectivity index (χ1v) is 5.08. The minimum absolute atomic E-state index is 0.358. The number of H-pyrrole nitrogens is 1. The van der Waals surface area contributed by atoms with Gasteiger partial charge >= 0.3 is 0 Å². The number of nitrogens with zero attached hydrogens (tertiary/aromatic N) is 1. The summed E-state index contributed by atoms with van der Waals surface area (Å²) in [6.07, 6.45) is 0.713. The maximum atomic E-state index is 10.8. The number of ether oxygens (including phenoxy) is 1. The second-order valence-electron chi connectivity index (χ2n) is 3.22. The Balaban J connectivity index is 2.40. The molecule has 1 heterocycles. The first-order valence-electron chi connectivity index (χ1n) is 5.08. The van der Waals surface area contributed by atoms with Crippen LogP contribution in [0.15, 0.2) is 30.3 Å². The van der Waals surface area contributed by atoms with E-state index in [1.54, 1.807) is 0 Å². The first kappa shape index (κ1) is 10.4. The lowest BCUT2D eigenvalue weighted by molar-refractivity contribution is 0.111. The van der Waals surface area contributed by atoms with Crippen molar-refractivity contribution in [1.29, 1.82) is 0 Å². The molecule has 0 aliphatic heterocycles. The number of aromatic amines is 1. The molecule has 0 unspecified atom stereocenters. The molecule has 2 rings (SSSR count). The average molecular weight is 216 g/mol. The standard InChI is InChI=1S/C12H12N2O2/c1-2-16-12-10(8-15)13-11(14-12)9-6-4-3-5-7-9/h3-8H,2H2,1H3,(H,13,14). The van der Waals surface area contributed by atoms with Crippen LogP contribution in [0.5, 0.6) is 5.88 Å². The molecule has 0 saturated carbocycles. The molecule has 0 fully saturated rings. The zero-order chi connectivity index (χ0) is 11.4. The van der Waals surface area contributed by atoms with Crippen LogP contribution in [0.3, 0.4) is 0 Å². The fraction of sp³-hybridized carbons (Fsp3) is 0.167. The summed E-state index contributed by atoms with van der Waals surface area (Å²) >= 11 is 0. The molecule has 0 aliphatic rings. The highest BCUT2D eigenvalue weighted by atomic mass is 16.5. The average Bonchev–Trinajstić information content (AvgIpc) is 2.74. The van der Waals surface area contributed by atoms with E-state index in [9.17, 15) is 4.79 Å². The topological polar surface area (TPSA) is 55.0 Å². The number of hydrogen-bond donors (Lipinski definition) is 1. The Morgan fingerprint density at radius 2 is 2.12 bits per heavy atom. The molecule has 0 bridgehead atoms. The Hall–Kier alpha value is -2.10. The SMILES string of the molecule is CCOc1nc(-c2ccccc2)[nH]c1C=O. The van der Waals surface area contributed by atoms with E-state index in [4.69, 9.17) is 4.74 Å². The van der Waals surface area contributed by atoms with Crippen LogP contribution in [0.1, 0.15) is 17.4 Å². The number of nitrogens with one attached hydrogen (secondary N) is 1. The van der Waals surface area contributed by atoms with Gasteiger partial charge in [-0.05, 0) is 6.92 Å². The number of imidazole rings is 1. The third kappa shape index (κ3) is 1.95. The molecular formula is C12H12N2O2. The van der Waals surface area contributed by atoms with Crippen LogP contribution in [0.4, 0.5) is 0 Å². The third-order valence-corrected chi connectivity index (χ3v) is 2.14. The Morgan fingerprint density at radius 1 is 1.38 bits per heavy atom. The predicted molar refractivity (Wildman–Crippen MR) is 60.6 cm³/mol. The second-order valence-corrected chi connectivity index (χ2v) is 3.22. The fourth-order valence-corrected chi connectivity index (χ4v) is 1.43. The summed E-state index contributed by atoms with van der Waals surface area (Å²) in [5.41, 5.74) is 1.30. The minimum Gasteiger partial charge on any atom is -0.476 e. The molecule has 0 saturated heterocycles. The molecule has 4 nitrogen and oxygen atoms in total. The molecule has 0 spiro atoms. The number of carbonyl (C=O) groups is 1. The molecule has 0 aliphatic carbocycles. The van der Waals surface area contributed by atoms with Gasteiger partial charge in [-0.3, -0.25) is 4.79 Å². The summed E-state index contributed by atoms with van der Waals surface area (Å²) in [4.78, 5) is 18.0. The molecule has 1 N–H and O–H groups in total. The molecule has 0 radical (unpaired) electrons. The van der Waals surface area contributed by atoms with E-state index in [-0.39, 0.29) is 0 Å². The van der Waals surface area contributed by atoms with E-state index in [1.165, 1.54) is 0 Å². The van der Waals surface area contributed by atoms with Crippen molar-refractivity contribution < 1.29 is 9.53 Å². The number of aromatic nitrogens is 2. The van der Waals surface area contributed by atoms with E-state index >= 15 is 0 Å². The van der Waals surface area contributed by atoms with Gasteiger partial charge in [0.25, 0.3) is 0 Å². The highest BCUT2D eigenvalue weighted by Gasteiger charge is 2.11. The predicted octanol–water partition coefficient (Wildman–Crippen LogP) is 2.29. The normalized spacial score (nSPS) is 10.1. The smallest absolute Gasteiger partial charge is 0.243 e. The van der Waals surface area contributed by atoms with Gasteiger partial charge in [-0.25, -0.2) is 0 Å². The summed E-state index contributed by atoms with van der Waals surface area (Å²) in [7, 11) is 0. The van der Waals surface area contributed by atoms with Gasteiger partial charge in [0, 0.05) is 5.56 Å². The number of carbonyl (C=O) groups excluding carboxylic acids is 1. The summed E-state index contributed by atoms with van der Waals surface area (Å²) in [5.74, 6) is 1.00. The van der Waals surface area contributed by atoms with Gasteiger partial charge in [0.05, 0.1) is 6.61 Å². The quantitative estimate of drug-likeness (QED) is 0.798. The van der Waals surface area contributed by atoms with E-state index in [1.807, 2.05) is 37.3 Å². The van der Waals surface area contributed by atoms with Crippen LogP contribution >= 0.6 is 0 Å². The van der Waals surface area contributed by atoms with Gasteiger partial charge in [0.1, 0.15) is 11.5 Å². The lowest BCUT2D eigenvalue weighted by atomic mass is 10.2. The molecule has 82 valence electrons. The zero-order valence-corrected chi connectivity index (χ0v) is 8.93. The highest BCUT2D eigenvalue weighted by molar-refractivity contribution is 5.77. The van der Waals surface area contributed by atoms with Gasteiger partial charge < -0.3 is 9.72 Å². The van der Waals surface area contributed by atoms with Crippen LogP contribution in [0.2, 0.25) is 0 Å². The summed E-state index contributed by atoms with van der Waals surface area (Å²) in [6.45, 7) is 2.34. The Labute approximate surface area is 93.3 Å². The van der Waals surface area contributed by atoms with Gasteiger partial charge in [-0.1, -0.05) is 30.3 Å². The maximum absolute atomic E-state index is 10.8. The number of rotatable bonds is 4. The van der Waals surface area contributed by atoms with Crippen molar-refractivity contribution in [2.24, 2.45) is 0 Å². The van der Waals surface area contributed by atoms with Crippen molar-refractivity contribution in [3.8, 4) is 17.3 Å². The van der Waals surface area contributed by atoms with Crippen molar-refractivity contribution in [3.05, 3.63) is 36.0 Å². The van der Waals surface area contributed by atoms with Gasteiger partial charge in [0.15, 0.2) is 6.29 Å². The molecule has 0 amide bonds. The van der Waals surface area contributed by atoms with Crippen LogP contribution in [0, 0.1) is 0 Å². The number of aldehydes is 1. The molecule has 1 aromatic carbocycles. The molecule has 16 heavy (non-hydrogen) atoms. The zero-order valence-electron chi connectivity index (χ0n) is 8.93. The van der Waals surface area contributed by atoms with Crippen LogP contribution in [-0.2, 0) is 0 Å². The maximum Gasteiger partial charge on any atom is 0.243 e. The summed E-state index contributed by atoms with van der Waals surface area (Å²) in [5, 5.41) is 0. The van der Waals surface area contributed by atoms with Gasteiger partial charge in [-0.15, -0.1) is 0 Å². The Bertz CT molecular complexity index is 477. The lowest BCUT2D eigenvalue weighted by Crippen LogP contribution is -1.94. The summed E-state index contributed by atoms with van der Waals surface area (Å²) in [6, 6.07) is 9.60. The Kier molecular flexibility index (Phi) is 3.00. The van der Waals surface area contributed by atoms with E-state index in [0.717, 1.165) is 5.56 Å². The second kappa shape index (κ2) is 4.61. The van der Waals surface area contributed by atoms with Crippen molar-refractivity contribution in [1.82, 2.24) is 9.97 Å². The minimum atomic E-state index is 0.358. The largest absolute Gasteiger partial charge is 0.476 e. The van der Waals surface area contributed by atoms with Crippen molar-refractivity contribution in [2.45, 2.75) is 6.92 Å². The van der Waals surface area contributed by atoms with Crippen molar-refractivity contribution in [3.63, 3.8) is 0 Å². The molecule has 0 atom stereocenters. The van der Waals surface area contributed by atoms with Crippen molar-refractivity contribution >= 4 is 6.29 Å². The number of benzene rings is 1. The monoisotopic (exact) mass is 216 g/mol. The van der Waals surface area contributed by atoms with Gasteiger partial charge in [0.2, 0.25) is 5.88 Å². The van der Waals surface area contributed by atoms with Crippen molar-refractivity contribution in [2.75, 3.05) is 6.61 Å². The van der Waals surface area contributed by atoms with Crippen LogP contribution < -0.4 is 4.74 Å². The lowest BCUT2D eigenvalue weighted by Gasteiger charge is -1.96. The Morgan fingerprint density at radius 3 is 2.75 bits per heavy atom. The number of hydrogen-bond acceptors (Lipinski definition) is 3.